The van der Waals surface area contributed by atoms with E-state index in [9.17, 15) is 0 Å². The summed E-state index contributed by atoms with van der Waals surface area (Å²) in [5.74, 6) is 1.20. The molecule has 0 spiro atoms. The van der Waals surface area contributed by atoms with Gasteiger partial charge in [-0.05, 0) is 31.2 Å². The molecule has 0 bridgehead atoms. The van der Waals surface area contributed by atoms with Crippen molar-refractivity contribution in [2.45, 2.75) is 19.3 Å². The quantitative estimate of drug-likeness (QED) is 0.835. The zero-order valence-corrected chi connectivity index (χ0v) is 10.3. The number of aromatic nitrogens is 1. The molecule has 0 amide bonds. The Labute approximate surface area is 107 Å². The molecular weight excluding hydrogens is 228 g/mol. The molecule has 0 saturated carbocycles. The molecule has 3 N–H and O–H groups in total. The summed E-state index contributed by atoms with van der Waals surface area (Å²) >= 11 is 0. The van der Waals surface area contributed by atoms with Crippen LogP contribution in [0, 0.1) is 17.2 Å². The molecule has 2 heterocycles. The molecule has 1 aliphatic rings. The van der Waals surface area contributed by atoms with Crippen molar-refractivity contribution in [3.63, 3.8) is 0 Å². The molecule has 18 heavy (non-hydrogen) atoms. The molecule has 5 nitrogen and oxygen atoms in total. The van der Waals surface area contributed by atoms with E-state index in [4.69, 9.17) is 16.1 Å². The molecule has 1 fully saturated rings. The maximum Gasteiger partial charge on any atom is 0.146 e. The van der Waals surface area contributed by atoms with Crippen LogP contribution in [0.1, 0.15) is 24.8 Å². The third-order valence-corrected chi connectivity index (χ3v) is 3.36. The number of hydrogen-bond donors (Lipinski definition) is 2. The third kappa shape index (κ3) is 2.71. The van der Waals surface area contributed by atoms with Crippen molar-refractivity contribution in [1.29, 1.82) is 5.26 Å². The van der Waals surface area contributed by atoms with Crippen molar-refractivity contribution in [1.82, 2.24) is 4.98 Å². The number of nitrogens with zero attached hydrogens (tertiary/aromatic N) is 3. The van der Waals surface area contributed by atoms with E-state index in [0.717, 1.165) is 32.4 Å². The number of nitrogens with two attached hydrogens (primary N) is 1. The predicted molar refractivity (Wildman–Crippen MR) is 70.0 cm³/mol. The van der Waals surface area contributed by atoms with Gasteiger partial charge in [-0.3, -0.25) is 0 Å². The zero-order chi connectivity index (χ0) is 13.0. The molecular formula is C13H18N4O. The molecule has 1 aromatic rings. The fourth-order valence-electron chi connectivity index (χ4n) is 2.48. The summed E-state index contributed by atoms with van der Waals surface area (Å²) in [7, 11) is 0. The van der Waals surface area contributed by atoms with Gasteiger partial charge in [0.1, 0.15) is 11.9 Å². The highest BCUT2D eigenvalue weighted by Crippen LogP contribution is 2.26. The minimum atomic E-state index is 0.221. The van der Waals surface area contributed by atoms with Gasteiger partial charge in [0.05, 0.1) is 17.4 Å². The van der Waals surface area contributed by atoms with Gasteiger partial charge in [0.25, 0.3) is 0 Å². The van der Waals surface area contributed by atoms with E-state index in [-0.39, 0.29) is 6.61 Å². The van der Waals surface area contributed by atoms with Gasteiger partial charge in [-0.25, -0.2) is 4.98 Å². The molecule has 1 unspecified atom stereocenters. The van der Waals surface area contributed by atoms with Crippen LogP contribution < -0.4 is 10.6 Å². The second-order valence-electron chi connectivity index (χ2n) is 4.72. The number of aliphatic hydroxyl groups excluding tert-OH is 1. The lowest BCUT2D eigenvalue weighted by atomic mass is 9.95. The first-order valence-corrected chi connectivity index (χ1v) is 6.26. The lowest BCUT2D eigenvalue weighted by molar-refractivity contribution is 0.244. The summed E-state index contributed by atoms with van der Waals surface area (Å²) in [6, 6.07) is 3.81. The topological polar surface area (TPSA) is 86.2 Å². The maximum atomic E-state index is 9.13. The fraction of sp³-hybridized carbons (Fsp3) is 0.538. The Morgan fingerprint density at radius 1 is 1.61 bits per heavy atom. The van der Waals surface area contributed by atoms with Crippen LogP contribution >= 0.6 is 0 Å². The molecule has 96 valence electrons. The van der Waals surface area contributed by atoms with E-state index in [0.29, 0.717) is 23.0 Å². The summed E-state index contributed by atoms with van der Waals surface area (Å²) in [5.41, 5.74) is 6.68. The molecule has 1 aromatic heterocycles. The van der Waals surface area contributed by atoms with Crippen molar-refractivity contribution in [3.05, 3.63) is 17.8 Å². The Bertz CT molecular complexity index is 453. The Morgan fingerprint density at radius 3 is 3.17 bits per heavy atom. The lowest BCUT2D eigenvalue weighted by Crippen LogP contribution is -2.36. The molecule has 1 aliphatic heterocycles. The Hall–Kier alpha value is -1.80. The summed E-state index contributed by atoms with van der Waals surface area (Å²) in [6.45, 7) is 1.98. The first kappa shape index (κ1) is 12.7. The number of nitriles is 1. The van der Waals surface area contributed by atoms with Crippen LogP contribution in [0.2, 0.25) is 0 Å². The standard InChI is InChI=1S/C13H18N4O/c14-7-11-6-12(15)8-16-13(11)17-4-1-2-10(9-17)3-5-18/h6,8,10,18H,1-5,9,15H2. The number of piperidine rings is 1. The highest BCUT2D eigenvalue weighted by atomic mass is 16.3. The maximum absolute atomic E-state index is 9.13. The molecule has 5 heteroatoms. The van der Waals surface area contributed by atoms with Crippen LogP contribution in [0.4, 0.5) is 11.5 Å². The first-order chi connectivity index (χ1) is 8.74. The van der Waals surface area contributed by atoms with E-state index < -0.39 is 0 Å². The Morgan fingerprint density at radius 2 is 2.44 bits per heavy atom. The van der Waals surface area contributed by atoms with Crippen molar-refractivity contribution in [3.8, 4) is 6.07 Å². The number of rotatable bonds is 3. The van der Waals surface area contributed by atoms with Gasteiger partial charge in [0, 0.05) is 19.7 Å². The van der Waals surface area contributed by atoms with E-state index in [1.54, 1.807) is 12.3 Å². The molecule has 0 aromatic carbocycles. The number of aliphatic hydroxyl groups is 1. The number of anilines is 2. The smallest absolute Gasteiger partial charge is 0.146 e. The summed E-state index contributed by atoms with van der Waals surface area (Å²) in [6.07, 6.45) is 4.61. The fourth-order valence-corrected chi connectivity index (χ4v) is 2.48. The van der Waals surface area contributed by atoms with E-state index in [1.807, 2.05) is 0 Å². The first-order valence-electron chi connectivity index (χ1n) is 6.26. The average Bonchev–Trinajstić information content (AvgIpc) is 2.39. The van der Waals surface area contributed by atoms with E-state index in [2.05, 4.69) is 16.0 Å². The van der Waals surface area contributed by atoms with Crippen molar-refractivity contribution >= 4 is 11.5 Å². The SMILES string of the molecule is N#Cc1cc(N)cnc1N1CCCC(CCO)C1. The zero-order valence-electron chi connectivity index (χ0n) is 10.3. The van der Waals surface area contributed by atoms with Crippen LogP contribution in [-0.2, 0) is 0 Å². The average molecular weight is 246 g/mol. The van der Waals surface area contributed by atoms with Crippen molar-refractivity contribution < 1.29 is 5.11 Å². The van der Waals surface area contributed by atoms with Gasteiger partial charge in [0.2, 0.25) is 0 Å². The minimum Gasteiger partial charge on any atom is -0.397 e. The number of nitrogen functional groups attached to an aromatic ring is 1. The summed E-state index contributed by atoms with van der Waals surface area (Å²) < 4.78 is 0. The van der Waals surface area contributed by atoms with Gasteiger partial charge in [0.15, 0.2) is 0 Å². The van der Waals surface area contributed by atoms with E-state index in [1.165, 1.54) is 0 Å². The monoisotopic (exact) mass is 246 g/mol. The van der Waals surface area contributed by atoms with Gasteiger partial charge < -0.3 is 15.7 Å². The van der Waals surface area contributed by atoms with Crippen LogP contribution in [0.25, 0.3) is 0 Å². The largest absolute Gasteiger partial charge is 0.397 e. The predicted octanol–water partition coefficient (Wildman–Crippen LogP) is 1.13. The highest BCUT2D eigenvalue weighted by Gasteiger charge is 2.22. The van der Waals surface area contributed by atoms with Gasteiger partial charge in [-0.15, -0.1) is 0 Å². The molecule has 0 radical (unpaired) electrons. The molecule has 0 aliphatic carbocycles. The Kier molecular flexibility index (Phi) is 4.00. The van der Waals surface area contributed by atoms with E-state index >= 15 is 0 Å². The normalized spacial score (nSPS) is 19.6. The van der Waals surface area contributed by atoms with Crippen LogP contribution in [0.15, 0.2) is 12.3 Å². The minimum absolute atomic E-state index is 0.221. The van der Waals surface area contributed by atoms with Crippen molar-refractivity contribution in [2.75, 3.05) is 30.3 Å². The van der Waals surface area contributed by atoms with Gasteiger partial charge >= 0.3 is 0 Å². The van der Waals surface area contributed by atoms with Gasteiger partial charge in [-0.2, -0.15) is 5.26 Å². The van der Waals surface area contributed by atoms with Crippen LogP contribution in [-0.4, -0.2) is 29.8 Å². The highest BCUT2D eigenvalue weighted by molar-refractivity contribution is 5.59. The summed E-state index contributed by atoms with van der Waals surface area (Å²) in [4.78, 5) is 6.41. The second-order valence-corrected chi connectivity index (χ2v) is 4.72. The van der Waals surface area contributed by atoms with Crippen molar-refractivity contribution in [2.24, 2.45) is 5.92 Å². The summed E-state index contributed by atoms with van der Waals surface area (Å²) in [5, 5.41) is 18.1. The lowest BCUT2D eigenvalue weighted by Gasteiger charge is -2.33. The second kappa shape index (κ2) is 5.69. The molecule has 1 saturated heterocycles. The Balaban J connectivity index is 2.18. The molecule has 1 atom stereocenters. The third-order valence-electron chi connectivity index (χ3n) is 3.36. The number of hydrogen-bond acceptors (Lipinski definition) is 5. The van der Waals surface area contributed by atoms with Crippen LogP contribution in [0.3, 0.4) is 0 Å². The van der Waals surface area contributed by atoms with Crippen LogP contribution in [0.5, 0.6) is 0 Å². The molecule has 2 rings (SSSR count). The van der Waals surface area contributed by atoms with Gasteiger partial charge in [-0.1, -0.05) is 0 Å². The number of pyridine rings is 1.